The van der Waals surface area contributed by atoms with Crippen molar-refractivity contribution in [2.75, 3.05) is 10.6 Å². The summed E-state index contributed by atoms with van der Waals surface area (Å²) in [6, 6.07) is 11.9. The summed E-state index contributed by atoms with van der Waals surface area (Å²) in [5.41, 5.74) is -0.865. The van der Waals surface area contributed by atoms with Crippen molar-refractivity contribution >= 4 is 39.2 Å². The molecule has 1 aromatic heterocycles. The van der Waals surface area contributed by atoms with E-state index in [1.165, 1.54) is 24.5 Å². The van der Waals surface area contributed by atoms with E-state index < -0.39 is 35.4 Å². The molecular weight excluding hydrogens is 479 g/mol. The van der Waals surface area contributed by atoms with Crippen molar-refractivity contribution in [2.45, 2.75) is 19.1 Å². The largest absolute Gasteiger partial charge is 0.459 e. The number of nitrogens with one attached hydrogen (secondary N) is 3. The molecule has 3 aromatic rings. The van der Waals surface area contributed by atoms with E-state index in [0.717, 1.165) is 22.2 Å². The van der Waals surface area contributed by atoms with E-state index in [0.29, 0.717) is 0 Å². The molecule has 2 aromatic carbocycles. The summed E-state index contributed by atoms with van der Waals surface area (Å²) in [6.45, 7) is 1.71. The lowest BCUT2D eigenvalue weighted by molar-refractivity contribution is -0.136. The van der Waals surface area contributed by atoms with Crippen molar-refractivity contribution in [3.05, 3.63) is 82.2 Å². The van der Waals surface area contributed by atoms with E-state index in [-0.39, 0.29) is 11.4 Å². The number of hydrogen-bond donors (Lipinski definition) is 3. The first-order valence-electron chi connectivity index (χ1n) is 9.02. The number of amides is 3. The van der Waals surface area contributed by atoms with Crippen LogP contribution in [0.5, 0.6) is 0 Å². The maximum absolute atomic E-state index is 13.6. The Morgan fingerprint density at radius 1 is 1.03 bits per heavy atom. The second kappa shape index (κ2) is 9.25. The number of carbonyl (C=O) groups is 2. The molecule has 0 aliphatic carbocycles. The van der Waals surface area contributed by atoms with Crippen LogP contribution in [0.1, 0.15) is 34.6 Å². The Hall–Kier alpha value is -3.27. The molecule has 0 fully saturated rings. The number of alkyl halides is 3. The topological polar surface area (TPSA) is 83.4 Å². The Morgan fingerprint density at radius 2 is 1.81 bits per heavy atom. The van der Waals surface area contributed by atoms with Crippen molar-refractivity contribution in [1.29, 1.82) is 0 Å². The Labute approximate surface area is 184 Å². The first-order chi connectivity index (χ1) is 14.6. The molecule has 6 nitrogen and oxygen atoms in total. The van der Waals surface area contributed by atoms with Gasteiger partial charge in [-0.25, -0.2) is 4.79 Å². The molecule has 3 amide bonds. The zero-order valence-electron chi connectivity index (χ0n) is 16.1. The molecular formula is C21H17BrF3N3O3. The summed E-state index contributed by atoms with van der Waals surface area (Å²) in [5, 5.41) is 7.15. The normalized spacial score (nSPS) is 12.2. The number of hydrogen-bond acceptors (Lipinski definition) is 3. The number of benzene rings is 2. The monoisotopic (exact) mass is 495 g/mol. The maximum Gasteiger partial charge on any atom is 0.418 e. The highest BCUT2D eigenvalue weighted by atomic mass is 79.9. The summed E-state index contributed by atoms with van der Waals surface area (Å²) in [4.78, 5) is 24.3. The van der Waals surface area contributed by atoms with Crippen LogP contribution in [0.4, 0.5) is 29.3 Å². The molecule has 1 heterocycles. The van der Waals surface area contributed by atoms with Gasteiger partial charge in [0, 0.05) is 10.2 Å². The summed E-state index contributed by atoms with van der Waals surface area (Å²) in [7, 11) is 0. The van der Waals surface area contributed by atoms with Crippen LogP contribution in [-0.4, -0.2) is 11.9 Å². The minimum atomic E-state index is -4.76. The first kappa shape index (κ1) is 22.4. The third kappa shape index (κ3) is 5.88. The predicted molar refractivity (Wildman–Crippen MR) is 113 cm³/mol. The summed E-state index contributed by atoms with van der Waals surface area (Å²) >= 11 is 3.33. The van der Waals surface area contributed by atoms with E-state index in [9.17, 15) is 22.8 Å². The Bertz CT molecular complexity index is 1080. The Morgan fingerprint density at radius 3 is 2.45 bits per heavy atom. The van der Waals surface area contributed by atoms with Crippen LogP contribution in [0.15, 0.2) is 69.8 Å². The molecule has 0 saturated heterocycles. The van der Waals surface area contributed by atoms with Crippen molar-refractivity contribution in [2.24, 2.45) is 0 Å². The van der Waals surface area contributed by atoms with Gasteiger partial charge in [0.15, 0.2) is 5.76 Å². The average Bonchev–Trinajstić information content (AvgIpc) is 3.23. The molecule has 0 spiro atoms. The second-order valence-electron chi connectivity index (χ2n) is 6.56. The molecule has 3 rings (SSSR count). The molecule has 0 aliphatic heterocycles. The lowest BCUT2D eigenvalue weighted by atomic mass is 10.1. The van der Waals surface area contributed by atoms with Crippen LogP contribution < -0.4 is 16.0 Å². The molecule has 3 N–H and O–H groups in total. The second-order valence-corrected chi connectivity index (χ2v) is 7.48. The van der Waals surface area contributed by atoms with Crippen LogP contribution in [-0.2, 0) is 6.18 Å². The molecule has 0 bridgehead atoms. The van der Waals surface area contributed by atoms with Crippen LogP contribution in [0.2, 0.25) is 0 Å². The van der Waals surface area contributed by atoms with Gasteiger partial charge in [-0.3, -0.25) is 4.79 Å². The summed E-state index contributed by atoms with van der Waals surface area (Å²) in [5.74, 6) is -0.740. The lowest BCUT2D eigenvalue weighted by Gasteiger charge is -2.18. The molecule has 10 heteroatoms. The fourth-order valence-corrected chi connectivity index (χ4v) is 3.20. The summed E-state index contributed by atoms with van der Waals surface area (Å²) < 4.78 is 46.4. The quantitative estimate of drug-likeness (QED) is 0.394. The molecule has 0 saturated carbocycles. The Kier molecular flexibility index (Phi) is 6.69. The van der Waals surface area contributed by atoms with Gasteiger partial charge in [0.25, 0.3) is 5.91 Å². The molecule has 0 aliphatic rings. The lowest BCUT2D eigenvalue weighted by Crippen LogP contribution is -2.32. The van der Waals surface area contributed by atoms with Crippen LogP contribution >= 0.6 is 15.9 Å². The van der Waals surface area contributed by atoms with E-state index in [1.807, 2.05) is 6.07 Å². The third-order valence-electron chi connectivity index (χ3n) is 4.27. The van der Waals surface area contributed by atoms with Gasteiger partial charge in [-0.2, -0.15) is 13.2 Å². The standard InChI is InChI=1S/C21H17BrF3N3O3/c1-12(13-4-2-5-14(22)10-13)26-20(30)28-17-8-7-15(11-16(17)21(23,24)25)27-19(29)18-6-3-9-31-18/h2-12H,1H3,(H,27,29)(H2,26,28,30). The van der Waals surface area contributed by atoms with Gasteiger partial charge in [-0.1, -0.05) is 28.1 Å². The zero-order valence-corrected chi connectivity index (χ0v) is 17.7. The van der Waals surface area contributed by atoms with E-state index in [4.69, 9.17) is 4.42 Å². The van der Waals surface area contributed by atoms with Gasteiger partial charge in [-0.15, -0.1) is 0 Å². The van der Waals surface area contributed by atoms with Crippen LogP contribution in [0, 0.1) is 0 Å². The van der Waals surface area contributed by atoms with Gasteiger partial charge in [0.05, 0.1) is 23.6 Å². The van der Waals surface area contributed by atoms with Crippen molar-refractivity contribution < 1.29 is 27.2 Å². The smallest absolute Gasteiger partial charge is 0.418 e. The van der Waals surface area contributed by atoms with Gasteiger partial charge in [-0.05, 0) is 55.0 Å². The fourth-order valence-electron chi connectivity index (χ4n) is 2.78. The molecule has 31 heavy (non-hydrogen) atoms. The molecule has 1 unspecified atom stereocenters. The SMILES string of the molecule is CC(NC(=O)Nc1ccc(NC(=O)c2ccco2)cc1C(F)(F)F)c1cccc(Br)c1. The van der Waals surface area contributed by atoms with Crippen molar-refractivity contribution in [3.8, 4) is 0 Å². The third-order valence-corrected chi connectivity index (χ3v) is 4.77. The van der Waals surface area contributed by atoms with E-state index in [1.54, 1.807) is 25.1 Å². The van der Waals surface area contributed by atoms with Crippen LogP contribution in [0.3, 0.4) is 0 Å². The van der Waals surface area contributed by atoms with Crippen LogP contribution in [0.25, 0.3) is 0 Å². The average molecular weight is 496 g/mol. The van der Waals surface area contributed by atoms with E-state index in [2.05, 4.69) is 31.9 Å². The number of furan rings is 1. The Balaban J connectivity index is 1.75. The van der Waals surface area contributed by atoms with Gasteiger partial charge >= 0.3 is 12.2 Å². The van der Waals surface area contributed by atoms with Gasteiger partial charge in [0.2, 0.25) is 0 Å². The number of halogens is 4. The molecule has 162 valence electrons. The maximum atomic E-state index is 13.6. The highest BCUT2D eigenvalue weighted by Gasteiger charge is 2.34. The minimum absolute atomic E-state index is 0.0447. The summed E-state index contributed by atoms with van der Waals surface area (Å²) in [6.07, 6.45) is -3.49. The number of rotatable bonds is 5. The highest BCUT2D eigenvalue weighted by Crippen LogP contribution is 2.36. The molecule has 0 radical (unpaired) electrons. The molecule has 1 atom stereocenters. The van der Waals surface area contributed by atoms with Gasteiger partial charge < -0.3 is 20.4 Å². The fraction of sp³-hybridized carbons (Fsp3) is 0.143. The van der Waals surface area contributed by atoms with Crippen molar-refractivity contribution in [3.63, 3.8) is 0 Å². The highest BCUT2D eigenvalue weighted by molar-refractivity contribution is 9.10. The predicted octanol–water partition coefficient (Wildman–Crippen LogP) is 6.20. The number of urea groups is 1. The van der Waals surface area contributed by atoms with E-state index >= 15 is 0 Å². The minimum Gasteiger partial charge on any atom is -0.459 e. The van der Waals surface area contributed by atoms with Gasteiger partial charge in [0.1, 0.15) is 0 Å². The number of anilines is 2. The first-order valence-corrected chi connectivity index (χ1v) is 9.82. The van der Waals surface area contributed by atoms with Crippen molar-refractivity contribution in [1.82, 2.24) is 5.32 Å². The number of carbonyl (C=O) groups excluding carboxylic acids is 2. The zero-order chi connectivity index (χ0) is 22.6.